The monoisotopic (exact) mass is 573 g/mol. The predicted octanol–water partition coefficient (Wildman–Crippen LogP) is 2.24. The molecule has 4 aliphatic rings. The van der Waals surface area contributed by atoms with Gasteiger partial charge in [-0.3, -0.25) is 24.2 Å². The number of primary amides is 1. The van der Waals surface area contributed by atoms with Crippen LogP contribution in [-0.4, -0.2) is 86.5 Å². The Morgan fingerprint density at radius 2 is 1.90 bits per heavy atom. The second-order valence-electron chi connectivity index (χ2n) is 12.7. The van der Waals surface area contributed by atoms with Crippen molar-refractivity contribution in [1.82, 2.24) is 9.80 Å². The van der Waals surface area contributed by atoms with Crippen LogP contribution < -0.4 is 5.73 Å². The Balaban J connectivity index is 1.61. The van der Waals surface area contributed by atoms with Crippen LogP contribution in [0.15, 0.2) is 23.0 Å². The molecule has 1 aromatic carbocycles. The van der Waals surface area contributed by atoms with Crippen molar-refractivity contribution in [1.29, 1.82) is 0 Å². The third kappa shape index (κ3) is 4.15. The van der Waals surface area contributed by atoms with E-state index < -0.39 is 58.0 Å². The Labute approximate surface area is 237 Å². The molecule has 1 aliphatic heterocycles. The Kier molecular flexibility index (Phi) is 6.85. The highest BCUT2D eigenvalue weighted by Gasteiger charge is 2.64. The summed E-state index contributed by atoms with van der Waals surface area (Å²) < 4.78 is 0. The van der Waals surface area contributed by atoms with Crippen LogP contribution in [0, 0.1) is 17.3 Å². The lowest BCUT2D eigenvalue weighted by Gasteiger charge is -2.50. The van der Waals surface area contributed by atoms with Crippen molar-refractivity contribution in [2.75, 3.05) is 27.2 Å². The number of likely N-dealkylation sites (tertiary alicyclic amines) is 1. The average Bonchev–Trinajstić information content (AvgIpc) is 2.83. The minimum absolute atomic E-state index is 0.00372. The fourth-order valence-electron chi connectivity index (χ4n) is 7.38. The number of nitrogens with two attached hydrogens (primary N) is 1. The minimum Gasteiger partial charge on any atom is -0.508 e. The van der Waals surface area contributed by atoms with E-state index in [0.717, 1.165) is 25.9 Å². The zero-order valence-corrected chi connectivity index (χ0v) is 23.9. The van der Waals surface area contributed by atoms with E-state index in [0.29, 0.717) is 22.7 Å². The van der Waals surface area contributed by atoms with Gasteiger partial charge >= 0.3 is 0 Å². The third-order valence-electron chi connectivity index (χ3n) is 9.10. The lowest BCUT2D eigenvalue weighted by Crippen LogP contribution is -2.65. The van der Waals surface area contributed by atoms with Gasteiger partial charge in [0.25, 0.3) is 5.91 Å². The normalized spacial score (nSPS) is 30.3. The molecule has 1 heterocycles. The highest BCUT2D eigenvalue weighted by molar-refractivity contribution is 6.32. The molecule has 0 unspecified atom stereocenters. The molecule has 11 heteroatoms. The number of phenols is 1. The molecule has 10 nitrogen and oxygen atoms in total. The van der Waals surface area contributed by atoms with Crippen molar-refractivity contribution in [3.63, 3.8) is 0 Å². The number of benzene rings is 1. The summed E-state index contributed by atoms with van der Waals surface area (Å²) in [7, 11) is 3.13. The van der Waals surface area contributed by atoms with E-state index in [2.05, 4.69) is 18.7 Å². The van der Waals surface area contributed by atoms with E-state index >= 15 is 0 Å². The number of hydrogen-bond acceptors (Lipinski definition) is 9. The standard InChI is InChI=1S/C29H36ClN3O7/c1-28(2)6-5-7-33(12-28)11-14-10-17(34)19-15(21(14)30)8-13-9-16-22(32(3)4)24(36)20(27(31)39)26(38)29(16,40)25(37)18(13)23(19)35/h10,13,16,22,34-35,38,40H,5-9,11-12H2,1-4H3,(H2,31,39)/t13-,16-,22-,29-/m0/s1. The van der Waals surface area contributed by atoms with Gasteiger partial charge in [-0.05, 0) is 74.8 Å². The summed E-state index contributed by atoms with van der Waals surface area (Å²) in [6, 6.07) is 0.365. The van der Waals surface area contributed by atoms with Crippen LogP contribution in [0.1, 0.15) is 49.8 Å². The number of Topliss-reactive ketones (excluding diaryl/α,β-unsaturated/α-hetero) is 2. The van der Waals surface area contributed by atoms with Gasteiger partial charge in [0.1, 0.15) is 22.8 Å². The molecule has 2 fully saturated rings. The average molecular weight is 574 g/mol. The zero-order chi connectivity index (χ0) is 29.5. The van der Waals surface area contributed by atoms with Crippen molar-refractivity contribution in [2.24, 2.45) is 23.0 Å². The smallest absolute Gasteiger partial charge is 0.255 e. The predicted molar refractivity (Wildman–Crippen MR) is 148 cm³/mol. The molecule has 5 rings (SSSR count). The van der Waals surface area contributed by atoms with Gasteiger partial charge in [-0.25, -0.2) is 0 Å². The van der Waals surface area contributed by atoms with Crippen LogP contribution in [0.3, 0.4) is 0 Å². The maximum Gasteiger partial charge on any atom is 0.255 e. The number of rotatable bonds is 4. The number of aromatic hydroxyl groups is 1. The number of fused-ring (bicyclic) bond motifs is 3. The second kappa shape index (κ2) is 9.58. The molecule has 1 aromatic rings. The lowest BCUT2D eigenvalue weighted by atomic mass is 9.57. The molecular formula is C29H36ClN3O7. The number of phenolic OH excluding ortho intramolecular Hbond substituents is 1. The van der Waals surface area contributed by atoms with Crippen LogP contribution >= 0.6 is 11.6 Å². The van der Waals surface area contributed by atoms with Crippen LogP contribution in [0.2, 0.25) is 5.02 Å². The molecule has 3 aliphatic carbocycles. The van der Waals surface area contributed by atoms with Gasteiger partial charge in [0.05, 0.1) is 11.6 Å². The topological polar surface area (TPSA) is 165 Å². The Bertz CT molecular complexity index is 1400. The molecule has 1 saturated heterocycles. The summed E-state index contributed by atoms with van der Waals surface area (Å²) >= 11 is 6.90. The molecule has 1 amide bonds. The Hall–Kier alpha value is -2.92. The lowest BCUT2D eigenvalue weighted by molar-refractivity contribution is -0.153. The van der Waals surface area contributed by atoms with E-state index in [9.17, 15) is 34.8 Å². The first-order chi connectivity index (χ1) is 18.6. The number of hydrogen-bond donors (Lipinski definition) is 5. The first-order valence-electron chi connectivity index (χ1n) is 13.5. The molecule has 0 radical (unpaired) electrons. The van der Waals surface area contributed by atoms with Crippen molar-refractivity contribution in [3.05, 3.63) is 44.7 Å². The molecule has 4 atom stereocenters. The van der Waals surface area contributed by atoms with Gasteiger partial charge in [-0.2, -0.15) is 0 Å². The third-order valence-corrected chi connectivity index (χ3v) is 9.57. The SMILES string of the molecule is CN(C)[C@@H]1C(=O)C(C(N)=O)=C(O)[C@@]2(O)C(=O)C3=C(O)c4c(O)cc(CN5CCCC(C)(C)C5)c(Cl)c4C[C@H]3C[C@@H]12. The number of likely N-dealkylation sites (N-methyl/N-ethyl adjacent to an activating group) is 1. The second-order valence-corrected chi connectivity index (χ2v) is 13.0. The zero-order valence-electron chi connectivity index (χ0n) is 23.1. The van der Waals surface area contributed by atoms with Crippen molar-refractivity contribution < 1.29 is 34.8 Å². The number of carbonyl (C=O) groups is 3. The van der Waals surface area contributed by atoms with E-state index in [1.807, 2.05) is 0 Å². The summed E-state index contributed by atoms with van der Waals surface area (Å²) in [5, 5.41) is 45.4. The fourth-order valence-corrected chi connectivity index (χ4v) is 7.67. The Morgan fingerprint density at radius 1 is 1.23 bits per heavy atom. The number of amides is 1. The highest BCUT2D eigenvalue weighted by Crippen LogP contribution is 2.53. The van der Waals surface area contributed by atoms with Gasteiger partial charge in [-0.1, -0.05) is 25.4 Å². The number of nitrogens with zero attached hydrogens (tertiary/aromatic N) is 2. The van der Waals surface area contributed by atoms with E-state index in [1.54, 1.807) is 14.1 Å². The number of ketones is 2. The van der Waals surface area contributed by atoms with Crippen molar-refractivity contribution in [3.8, 4) is 5.75 Å². The molecule has 1 saturated carbocycles. The molecule has 0 spiro atoms. The largest absolute Gasteiger partial charge is 0.508 e. The number of halogens is 1. The van der Waals surface area contributed by atoms with E-state index in [4.69, 9.17) is 17.3 Å². The minimum atomic E-state index is -2.66. The molecule has 6 N–H and O–H groups in total. The van der Waals surface area contributed by atoms with Crippen molar-refractivity contribution >= 4 is 34.8 Å². The molecule has 0 aromatic heterocycles. The first kappa shape index (κ1) is 28.6. The summed E-state index contributed by atoms with van der Waals surface area (Å²) in [4.78, 5) is 43.0. The molecular weight excluding hydrogens is 538 g/mol. The number of carbonyl (C=O) groups excluding carboxylic acids is 3. The van der Waals surface area contributed by atoms with Gasteiger partial charge in [0.15, 0.2) is 11.4 Å². The summed E-state index contributed by atoms with van der Waals surface area (Å²) in [6.45, 7) is 6.71. The van der Waals surface area contributed by atoms with Gasteiger partial charge in [-0.15, -0.1) is 0 Å². The van der Waals surface area contributed by atoms with Crippen LogP contribution in [0.4, 0.5) is 0 Å². The molecule has 0 bridgehead atoms. The van der Waals surface area contributed by atoms with Gasteiger partial charge in [0, 0.05) is 29.6 Å². The Morgan fingerprint density at radius 3 is 2.50 bits per heavy atom. The highest BCUT2D eigenvalue weighted by atomic mass is 35.5. The van der Waals surface area contributed by atoms with Gasteiger partial charge < -0.3 is 26.2 Å². The van der Waals surface area contributed by atoms with Crippen LogP contribution in [0.5, 0.6) is 5.75 Å². The number of aliphatic hydroxyl groups is 3. The quantitative estimate of drug-likeness (QED) is 0.340. The summed E-state index contributed by atoms with van der Waals surface area (Å²) in [6.07, 6.45) is 2.36. The molecule has 216 valence electrons. The number of piperidine rings is 1. The van der Waals surface area contributed by atoms with E-state index in [1.165, 1.54) is 11.0 Å². The van der Waals surface area contributed by atoms with Crippen LogP contribution in [0.25, 0.3) is 5.76 Å². The number of aliphatic hydroxyl groups excluding tert-OH is 2. The first-order valence-corrected chi connectivity index (χ1v) is 13.9. The van der Waals surface area contributed by atoms with Crippen molar-refractivity contribution in [2.45, 2.75) is 57.7 Å². The summed E-state index contributed by atoms with van der Waals surface area (Å²) in [5.41, 5.74) is 3.02. The van der Waals surface area contributed by atoms with Gasteiger partial charge in [0.2, 0.25) is 5.78 Å². The fraction of sp³-hybridized carbons (Fsp3) is 0.552. The maximum atomic E-state index is 13.9. The van der Waals surface area contributed by atoms with Crippen LogP contribution in [-0.2, 0) is 27.3 Å². The molecule has 40 heavy (non-hydrogen) atoms. The summed E-state index contributed by atoms with van der Waals surface area (Å²) in [5.74, 6) is -6.78. The maximum absolute atomic E-state index is 13.9. The van der Waals surface area contributed by atoms with E-state index in [-0.39, 0.29) is 35.1 Å².